The van der Waals surface area contributed by atoms with Crippen molar-refractivity contribution in [3.8, 4) is 0 Å². The van der Waals surface area contributed by atoms with Crippen molar-refractivity contribution in [3.05, 3.63) is 23.9 Å². The van der Waals surface area contributed by atoms with Gasteiger partial charge < -0.3 is 10.4 Å². The Bertz CT molecular complexity index is 507. The van der Waals surface area contributed by atoms with Gasteiger partial charge in [-0.15, -0.1) is 11.8 Å². The summed E-state index contributed by atoms with van der Waals surface area (Å²) in [6.45, 7) is 4.77. The van der Waals surface area contributed by atoms with Crippen LogP contribution in [0, 0.1) is 5.41 Å². The fourth-order valence-electron chi connectivity index (χ4n) is 2.64. The van der Waals surface area contributed by atoms with Gasteiger partial charge in [0.1, 0.15) is 5.03 Å². The molecule has 1 aliphatic carbocycles. The Kier molecular flexibility index (Phi) is 4.94. The Morgan fingerprint density at radius 1 is 1.38 bits per heavy atom. The molecule has 0 aliphatic heterocycles. The van der Waals surface area contributed by atoms with E-state index in [1.807, 2.05) is 6.26 Å². The van der Waals surface area contributed by atoms with E-state index >= 15 is 0 Å². The van der Waals surface area contributed by atoms with Crippen LogP contribution in [0.5, 0.6) is 0 Å². The molecule has 2 rings (SSSR count). The molecule has 0 radical (unpaired) electrons. The quantitative estimate of drug-likeness (QED) is 0.840. The zero-order valence-electron chi connectivity index (χ0n) is 13.0. The van der Waals surface area contributed by atoms with Gasteiger partial charge in [0, 0.05) is 12.7 Å². The van der Waals surface area contributed by atoms with E-state index in [0.717, 1.165) is 25.7 Å². The molecular formula is C16H24N2O2S. The molecular weight excluding hydrogens is 284 g/mol. The summed E-state index contributed by atoms with van der Waals surface area (Å²) in [5.74, 6) is -0.161. The van der Waals surface area contributed by atoms with Gasteiger partial charge in [-0.05, 0) is 49.5 Å². The van der Waals surface area contributed by atoms with Gasteiger partial charge in [0.05, 0.1) is 11.2 Å². The first-order chi connectivity index (χ1) is 9.85. The molecule has 21 heavy (non-hydrogen) atoms. The number of rotatable bonds is 4. The topological polar surface area (TPSA) is 62.2 Å². The molecule has 0 unspecified atom stereocenters. The monoisotopic (exact) mass is 308 g/mol. The Morgan fingerprint density at radius 2 is 2.05 bits per heavy atom. The minimum Gasteiger partial charge on any atom is -0.388 e. The number of thioether (sulfide) groups is 1. The van der Waals surface area contributed by atoms with Crippen molar-refractivity contribution in [2.45, 2.75) is 50.2 Å². The third-order valence-corrected chi connectivity index (χ3v) is 5.03. The first kappa shape index (κ1) is 16.3. The summed E-state index contributed by atoms with van der Waals surface area (Å²) in [4.78, 5) is 16.5. The number of hydrogen-bond acceptors (Lipinski definition) is 4. The van der Waals surface area contributed by atoms with Crippen molar-refractivity contribution in [2.75, 3.05) is 12.8 Å². The van der Waals surface area contributed by atoms with Crippen LogP contribution >= 0.6 is 11.8 Å². The lowest BCUT2D eigenvalue weighted by molar-refractivity contribution is -0.0233. The lowest BCUT2D eigenvalue weighted by atomic mass is 9.71. The van der Waals surface area contributed by atoms with Gasteiger partial charge in [-0.25, -0.2) is 4.98 Å². The van der Waals surface area contributed by atoms with Crippen LogP contribution < -0.4 is 5.32 Å². The Labute approximate surface area is 130 Å². The molecule has 1 amide bonds. The third-order valence-electron chi connectivity index (χ3n) is 4.32. The third kappa shape index (κ3) is 4.20. The predicted octanol–water partition coefficient (Wildman–Crippen LogP) is 2.86. The van der Waals surface area contributed by atoms with Gasteiger partial charge >= 0.3 is 0 Å². The van der Waals surface area contributed by atoms with E-state index in [0.29, 0.717) is 22.5 Å². The van der Waals surface area contributed by atoms with E-state index in [4.69, 9.17) is 0 Å². The number of pyridine rings is 1. The van der Waals surface area contributed by atoms with Gasteiger partial charge in [-0.3, -0.25) is 4.79 Å². The highest BCUT2D eigenvalue weighted by molar-refractivity contribution is 7.98. The van der Waals surface area contributed by atoms with E-state index in [1.54, 1.807) is 18.3 Å². The molecule has 0 aromatic carbocycles. The zero-order chi connectivity index (χ0) is 15.5. The van der Waals surface area contributed by atoms with Gasteiger partial charge in [0.2, 0.25) is 0 Å². The van der Waals surface area contributed by atoms with E-state index in [9.17, 15) is 9.90 Å². The van der Waals surface area contributed by atoms with Crippen LogP contribution in [-0.2, 0) is 0 Å². The summed E-state index contributed by atoms with van der Waals surface area (Å²) in [5, 5.41) is 14.2. The van der Waals surface area contributed by atoms with Crippen LogP contribution in [0.1, 0.15) is 49.9 Å². The van der Waals surface area contributed by atoms with Crippen molar-refractivity contribution in [1.82, 2.24) is 10.3 Å². The van der Waals surface area contributed by atoms with Gasteiger partial charge in [-0.1, -0.05) is 13.8 Å². The van der Waals surface area contributed by atoms with E-state index in [1.165, 1.54) is 11.8 Å². The maximum Gasteiger partial charge on any atom is 0.254 e. The van der Waals surface area contributed by atoms with Crippen molar-refractivity contribution in [2.24, 2.45) is 5.41 Å². The second-order valence-corrected chi connectivity index (χ2v) is 7.43. The molecule has 0 bridgehead atoms. The second kappa shape index (κ2) is 6.36. The van der Waals surface area contributed by atoms with Crippen LogP contribution in [0.3, 0.4) is 0 Å². The Morgan fingerprint density at radius 3 is 2.67 bits per heavy atom. The van der Waals surface area contributed by atoms with Crippen molar-refractivity contribution in [3.63, 3.8) is 0 Å². The molecule has 0 saturated heterocycles. The normalized spacial score (nSPS) is 20.0. The van der Waals surface area contributed by atoms with Crippen molar-refractivity contribution >= 4 is 17.7 Å². The first-order valence-electron chi connectivity index (χ1n) is 7.35. The number of nitrogens with one attached hydrogen (secondary N) is 1. The maximum absolute atomic E-state index is 12.3. The smallest absolute Gasteiger partial charge is 0.254 e. The molecule has 0 atom stereocenters. The minimum absolute atomic E-state index is 0.161. The summed E-state index contributed by atoms with van der Waals surface area (Å²) in [7, 11) is 0. The van der Waals surface area contributed by atoms with Gasteiger partial charge in [0.15, 0.2) is 0 Å². The number of nitrogens with zero attached hydrogens (tertiary/aromatic N) is 1. The zero-order valence-corrected chi connectivity index (χ0v) is 13.8. The van der Waals surface area contributed by atoms with Crippen LogP contribution in [-0.4, -0.2) is 34.4 Å². The fourth-order valence-corrected chi connectivity index (χ4v) is 3.18. The van der Waals surface area contributed by atoms with Crippen LogP contribution in [0.2, 0.25) is 0 Å². The predicted molar refractivity (Wildman–Crippen MR) is 85.6 cm³/mol. The number of amides is 1. The molecule has 1 aromatic heterocycles. The summed E-state index contributed by atoms with van der Waals surface area (Å²) in [6, 6.07) is 3.52. The van der Waals surface area contributed by atoms with Crippen molar-refractivity contribution in [1.29, 1.82) is 0 Å². The highest BCUT2D eigenvalue weighted by atomic mass is 32.2. The summed E-state index contributed by atoms with van der Waals surface area (Å²) >= 11 is 1.45. The molecule has 1 saturated carbocycles. The average Bonchev–Trinajstić information content (AvgIpc) is 2.48. The summed E-state index contributed by atoms with van der Waals surface area (Å²) in [6.07, 6.45) is 7.03. The highest BCUT2D eigenvalue weighted by Crippen LogP contribution is 2.39. The molecule has 0 spiro atoms. The summed E-state index contributed by atoms with van der Waals surface area (Å²) < 4.78 is 0. The van der Waals surface area contributed by atoms with Crippen LogP contribution in [0.4, 0.5) is 0 Å². The van der Waals surface area contributed by atoms with Gasteiger partial charge in [0.25, 0.3) is 5.91 Å². The standard InChI is InChI=1S/C16H24N2O2S/c1-15(2)6-8-16(20,9-7-15)11-18-13(19)12-5-4-10-17-14(12)21-3/h4-5,10,20H,6-9,11H2,1-3H3,(H,18,19). The molecule has 2 N–H and O–H groups in total. The molecule has 1 heterocycles. The average molecular weight is 308 g/mol. The van der Waals surface area contributed by atoms with Crippen molar-refractivity contribution < 1.29 is 9.90 Å². The van der Waals surface area contributed by atoms with E-state index in [2.05, 4.69) is 24.1 Å². The Hall–Kier alpha value is -1.07. The van der Waals surface area contributed by atoms with Crippen LogP contribution in [0.25, 0.3) is 0 Å². The maximum atomic E-state index is 12.3. The first-order valence-corrected chi connectivity index (χ1v) is 8.57. The molecule has 1 aromatic rings. The fraction of sp³-hybridized carbons (Fsp3) is 0.625. The van der Waals surface area contributed by atoms with E-state index in [-0.39, 0.29) is 5.91 Å². The number of carbonyl (C=O) groups is 1. The second-order valence-electron chi connectivity index (χ2n) is 6.63. The lowest BCUT2D eigenvalue weighted by Crippen LogP contribution is -2.46. The lowest BCUT2D eigenvalue weighted by Gasteiger charge is -2.40. The molecule has 5 heteroatoms. The SMILES string of the molecule is CSc1ncccc1C(=O)NCC1(O)CCC(C)(C)CC1. The number of hydrogen-bond donors (Lipinski definition) is 2. The number of carbonyl (C=O) groups excluding carboxylic acids is 1. The highest BCUT2D eigenvalue weighted by Gasteiger charge is 2.36. The molecule has 4 nitrogen and oxygen atoms in total. The summed E-state index contributed by atoms with van der Waals surface area (Å²) in [5.41, 5.74) is 0.100. The Balaban J connectivity index is 1.95. The molecule has 1 fully saturated rings. The minimum atomic E-state index is -0.771. The largest absolute Gasteiger partial charge is 0.388 e. The number of aromatic nitrogens is 1. The van der Waals surface area contributed by atoms with Gasteiger partial charge in [-0.2, -0.15) is 0 Å². The molecule has 1 aliphatic rings. The number of aliphatic hydroxyl groups is 1. The molecule has 116 valence electrons. The van der Waals surface area contributed by atoms with Crippen LogP contribution in [0.15, 0.2) is 23.4 Å². The van der Waals surface area contributed by atoms with E-state index < -0.39 is 5.60 Å².